The SMILES string of the molecule is COC(=O)[C@H](C)CN(C)C(=O)[C@@H]1COc2cc(OC)ccc2C1. The molecule has 1 aromatic carbocycles. The van der Waals surface area contributed by atoms with E-state index in [2.05, 4.69) is 0 Å². The van der Waals surface area contributed by atoms with Crippen molar-refractivity contribution in [2.75, 3.05) is 34.4 Å². The zero-order chi connectivity index (χ0) is 17.0. The lowest BCUT2D eigenvalue weighted by Crippen LogP contribution is -2.41. The maximum atomic E-state index is 12.5. The molecular weight excluding hydrogens is 298 g/mol. The molecule has 1 heterocycles. The zero-order valence-corrected chi connectivity index (χ0v) is 14.0. The molecule has 2 atom stereocenters. The number of benzene rings is 1. The number of esters is 1. The van der Waals surface area contributed by atoms with E-state index in [1.54, 1.807) is 26.0 Å². The van der Waals surface area contributed by atoms with Crippen LogP contribution in [0.2, 0.25) is 0 Å². The van der Waals surface area contributed by atoms with E-state index in [-0.39, 0.29) is 23.7 Å². The summed E-state index contributed by atoms with van der Waals surface area (Å²) in [5.41, 5.74) is 0.991. The molecule has 0 saturated carbocycles. The summed E-state index contributed by atoms with van der Waals surface area (Å²) in [5, 5.41) is 0. The number of amides is 1. The topological polar surface area (TPSA) is 65.1 Å². The molecule has 0 bridgehead atoms. The smallest absolute Gasteiger partial charge is 0.310 e. The van der Waals surface area contributed by atoms with E-state index in [0.717, 1.165) is 17.1 Å². The highest BCUT2D eigenvalue weighted by Crippen LogP contribution is 2.31. The molecule has 0 fully saturated rings. The van der Waals surface area contributed by atoms with Gasteiger partial charge >= 0.3 is 5.97 Å². The van der Waals surface area contributed by atoms with Crippen LogP contribution in [-0.4, -0.2) is 51.2 Å². The number of fused-ring (bicyclic) bond motifs is 1. The van der Waals surface area contributed by atoms with Gasteiger partial charge in [0, 0.05) is 19.7 Å². The van der Waals surface area contributed by atoms with Gasteiger partial charge in [0.1, 0.15) is 18.1 Å². The second-order valence-electron chi connectivity index (χ2n) is 5.83. The first kappa shape index (κ1) is 17.1. The molecule has 126 valence electrons. The minimum atomic E-state index is -0.352. The number of hydrogen-bond acceptors (Lipinski definition) is 5. The van der Waals surface area contributed by atoms with Gasteiger partial charge in [-0.2, -0.15) is 0 Å². The fourth-order valence-corrected chi connectivity index (χ4v) is 2.73. The van der Waals surface area contributed by atoms with E-state index in [0.29, 0.717) is 19.6 Å². The number of methoxy groups -OCH3 is 2. The Morgan fingerprint density at radius 2 is 2.13 bits per heavy atom. The molecule has 0 aromatic heterocycles. The Labute approximate surface area is 136 Å². The summed E-state index contributed by atoms with van der Waals surface area (Å²) in [6.45, 7) is 2.40. The third-order valence-corrected chi connectivity index (χ3v) is 4.06. The van der Waals surface area contributed by atoms with Gasteiger partial charge in [-0.3, -0.25) is 9.59 Å². The van der Waals surface area contributed by atoms with Gasteiger partial charge in [-0.05, 0) is 18.1 Å². The zero-order valence-electron chi connectivity index (χ0n) is 14.0. The van der Waals surface area contributed by atoms with Crippen molar-refractivity contribution in [3.63, 3.8) is 0 Å². The molecule has 6 heteroatoms. The Morgan fingerprint density at radius 3 is 2.78 bits per heavy atom. The Morgan fingerprint density at radius 1 is 1.39 bits per heavy atom. The van der Waals surface area contributed by atoms with Crippen LogP contribution < -0.4 is 9.47 Å². The van der Waals surface area contributed by atoms with Crippen molar-refractivity contribution in [1.29, 1.82) is 0 Å². The number of ether oxygens (including phenoxy) is 3. The van der Waals surface area contributed by atoms with E-state index >= 15 is 0 Å². The maximum absolute atomic E-state index is 12.5. The molecule has 1 aliphatic rings. The first-order valence-electron chi connectivity index (χ1n) is 7.58. The Bertz CT molecular complexity index is 586. The first-order chi connectivity index (χ1) is 11.0. The minimum Gasteiger partial charge on any atom is -0.497 e. The summed E-state index contributed by atoms with van der Waals surface area (Å²) >= 11 is 0. The molecule has 0 spiro atoms. The molecule has 1 aliphatic heterocycles. The third kappa shape index (κ3) is 3.94. The highest BCUT2D eigenvalue weighted by atomic mass is 16.5. The van der Waals surface area contributed by atoms with E-state index in [9.17, 15) is 9.59 Å². The van der Waals surface area contributed by atoms with Gasteiger partial charge in [0.05, 0.1) is 26.1 Å². The van der Waals surface area contributed by atoms with Crippen molar-refractivity contribution >= 4 is 11.9 Å². The molecule has 0 saturated heterocycles. The largest absolute Gasteiger partial charge is 0.497 e. The Balaban J connectivity index is 1.99. The number of hydrogen-bond donors (Lipinski definition) is 0. The predicted molar refractivity (Wildman–Crippen MR) is 84.5 cm³/mol. The van der Waals surface area contributed by atoms with Crippen LogP contribution in [0.15, 0.2) is 18.2 Å². The standard InChI is InChI=1S/C17H23NO5/c1-11(17(20)22-4)9-18(2)16(19)13-7-12-5-6-14(21-3)8-15(12)23-10-13/h5-6,8,11,13H,7,9-10H2,1-4H3/t11-,13+/m1/s1. The fourth-order valence-electron chi connectivity index (χ4n) is 2.73. The Kier molecular flexibility index (Phi) is 5.47. The second-order valence-corrected chi connectivity index (χ2v) is 5.83. The summed E-state index contributed by atoms with van der Waals surface area (Å²) in [6.07, 6.45) is 0.620. The van der Waals surface area contributed by atoms with Crippen LogP contribution in [0.25, 0.3) is 0 Å². The monoisotopic (exact) mass is 321 g/mol. The lowest BCUT2D eigenvalue weighted by molar-refractivity contribution is -0.146. The molecule has 2 rings (SSSR count). The van der Waals surface area contributed by atoms with Gasteiger partial charge < -0.3 is 19.1 Å². The van der Waals surface area contributed by atoms with Crippen LogP contribution in [0.3, 0.4) is 0 Å². The van der Waals surface area contributed by atoms with Crippen molar-refractivity contribution in [1.82, 2.24) is 4.90 Å². The fraction of sp³-hybridized carbons (Fsp3) is 0.529. The van der Waals surface area contributed by atoms with Gasteiger partial charge in [0.2, 0.25) is 5.91 Å². The summed E-state index contributed by atoms with van der Waals surface area (Å²) in [7, 11) is 4.65. The lowest BCUT2D eigenvalue weighted by atomic mass is 9.95. The van der Waals surface area contributed by atoms with Crippen LogP contribution in [0.1, 0.15) is 12.5 Å². The van der Waals surface area contributed by atoms with Crippen molar-refractivity contribution in [3.8, 4) is 11.5 Å². The van der Waals surface area contributed by atoms with Crippen LogP contribution in [0, 0.1) is 11.8 Å². The van der Waals surface area contributed by atoms with Crippen molar-refractivity contribution in [2.24, 2.45) is 11.8 Å². The van der Waals surface area contributed by atoms with Gasteiger partial charge in [-0.1, -0.05) is 13.0 Å². The number of nitrogens with zero attached hydrogens (tertiary/aromatic N) is 1. The van der Waals surface area contributed by atoms with Crippen LogP contribution in [0.5, 0.6) is 11.5 Å². The first-order valence-corrected chi connectivity index (χ1v) is 7.58. The quantitative estimate of drug-likeness (QED) is 0.769. The average molecular weight is 321 g/mol. The summed E-state index contributed by atoms with van der Waals surface area (Å²) in [6, 6.07) is 5.61. The van der Waals surface area contributed by atoms with E-state index in [1.807, 2.05) is 18.2 Å². The van der Waals surface area contributed by atoms with Gasteiger partial charge in [0.25, 0.3) is 0 Å². The van der Waals surface area contributed by atoms with Gasteiger partial charge in [-0.15, -0.1) is 0 Å². The highest BCUT2D eigenvalue weighted by Gasteiger charge is 2.29. The summed E-state index contributed by atoms with van der Waals surface area (Å²) in [4.78, 5) is 25.6. The van der Waals surface area contributed by atoms with E-state index in [4.69, 9.17) is 14.2 Å². The molecular formula is C17H23NO5. The predicted octanol–water partition coefficient (Wildman–Crippen LogP) is 1.51. The molecule has 0 unspecified atom stereocenters. The highest BCUT2D eigenvalue weighted by molar-refractivity contribution is 5.80. The van der Waals surface area contributed by atoms with Crippen molar-refractivity contribution < 1.29 is 23.8 Å². The lowest BCUT2D eigenvalue weighted by Gasteiger charge is -2.29. The minimum absolute atomic E-state index is 0.0257. The molecule has 0 N–H and O–H groups in total. The maximum Gasteiger partial charge on any atom is 0.310 e. The van der Waals surface area contributed by atoms with Crippen LogP contribution in [0.4, 0.5) is 0 Å². The molecule has 1 amide bonds. The molecule has 23 heavy (non-hydrogen) atoms. The van der Waals surface area contributed by atoms with E-state index < -0.39 is 0 Å². The number of carbonyl (C=O) groups excluding carboxylic acids is 2. The van der Waals surface area contributed by atoms with Gasteiger partial charge in [-0.25, -0.2) is 0 Å². The summed E-state index contributed by atoms with van der Waals surface area (Å²) < 4.78 is 15.6. The van der Waals surface area contributed by atoms with Crippen LogP contribution in [-0.2, 0) is 20.7 Å². The molecule has 0 radical (unpaired) electrons. The van der Waals surface area contributed by atoms with Crippen LogP contribution >= 0.6 is 0 Å². The molecule has 6 nitrogen and oxygen atoms in total. The normalized spacial score (nSPS) is 17.5. The Hall–Kier alpha value is -2.24. The summed E-state index contributed by atoms with van der Waals surface area (Å²) in [5.74, 6) is 0.557. The average Bonchev–Trinajstić information content (AvgIpc) is 2.59. The third-order valence-electron chi connectivity index (χ3n) is 4.06. The molecule has 0 aliphatic carbocycles. The number of rotatable bonds is 5. The van der Waals surface area contributed by atoms with E-state index in [1.165, 1.54) is 7.11 Å². The van der Waals surface area contributed by atoms with Crippen molar-refractivity contribution in [2.45, 2.75) is 13.3 Å². The van der Waals surface area contributed by atoms with Crippen molar-refractivity contribution in [3.05, 3.63) is 23.8 Å². The number of carbonyl (C=O) groups is 2. The second kappa shape index (κ2) is 7.35. The van der Waals surface area contributed by atoms with Gasteiger partial charge in [0.15, 0.2) is 0 Å². The molecule has 1 aromatic rings.